The third kappa shape index (κ3) is 1.87. The Kier molecular flexibility index (Phi) is 3.20. The highest BCUT2D eigenvalue weighted by molar-refractivity contribution is 5.19. The lowest BCUT2D eigenvalue weighted by atomic mass is 9.61. The first-order valence-electron chi connectivity index (χ1n) is 6.53. The molecule has 1 saturated carbocycles. The Labute approximate surface area is 93.6 Å². The minimum absolute atomic E-state index is 0.0693. The van der Waals surface area contributed by atoms with Crippen LogP contribution in [0.2, 0.25) is 0 Å². The van der Waals surface area contributed by atoms with Gasteiger partial charge in [-0.15, -0.1) is 0 Å². The third-order valence-electron chi connectivity index (χ3n) is 4.60. The van der Waals surface area contributed by atoms with Gasteiger partial charge in [-0.05, 0) is 37.0 Å². The van der Waals surface area contributed by atoms with E-state index in [1.807, 2.05) is 0 Å². The Hall–Kier alpha value is -0.300. The average molecular weight is 208 g/mol. The topological polar surface area (TPSA) is 20.2 Å². The molecule has 0 aromatic heterocycles. The fraction of sp³-hybridized carbons (Fsp3) is 0.857. The molecule has 2 unspecified atom stereocenters. The first-order valence-corrected chi connectivity index (χ1v) is 6.53. The molecule has 1 fully saturated rings. The zero-order chi connectivity index (χ0) is 11.0. The molecule has 0 heterocycles. The highest BCUT2D eigenvalue weighted by atomic mass is 16.3. The van der Waals surface area contributed by atoms with Gasteiger partial charge in [0.25, 0.3) is 0 Å². The van der Waals surface area contributed by atoms with Crippen LogP contribution < -0.4 is 0 Å². The lowest BCUT2D eigenvalue weighted by Crippen LogP contribution is -2.41. The van der Waals surface area contributed by atoms with Gasteiger partial charge in [-0.3, -0.25) is 0 Å². The zero-order valence-electron chi connectivity index (χ0n) is 10.2. The molecule has 0 spiro atoms. The average Bonchev–Trinajstić information content (AvgIpc) is 2.20. The summed E-state index contributed by atoms with van der Waals surface area (Å²) < 4.78 is 0. The summed E-state index contributed by atoms with van der Waals surface area (Å²) in [5, 5.41) is 10.2. The van der Waals surface area contributed by atoms with E-state index in [9.17, 15) is 5.11 Å². The summed E-state index contributed by atoms with van der Waals surface area (Å²) >= 11 is 0. The maximum atomic E-state index is 10.2. The number of rotatable bonds is 1. The van der Waals surface area contributed by atoms with Crippen molar-refractivity contribution in [2.75, 3.05) is 0 Å². The van der Waals surface area contributed by atoms with Crippen molar-refractivity contribution in [3.05, 3.63) is 11.6 Å². The summed E-state index contributed by atoms with van der Waals surface area (Å²) in [6.45, 7) is 6.97. The summed E-state index contributed by atoms with van der Waals surface area (Å²) in [7, 11) is 0. The second-order valence-electron chi connectivity index (χ2n) is 5.56. The third-order valence-corrected chi connectivity index (χ3v) is 4.60. The summed E-state index contributed by atoms with van der Waals surface area (Å²) in [5.41, 5.74) is 1.57. The van der Waals surface area contributed by atoms with Crippen molar-refractivity contribution in [3.63, 3.8) is 0 Å². The van der Waals surface area contributed by atoms with Gasteiger partial charge in [-0.25, -0.2) is 0 Å². The molecule has 0 bridgehead atoms. The highest BCUT2D eigenvalue weighted by Gasteiger charge is 2.41. The van der Waals surface area contributed by atoms with E-state index < -0.39 is 0 Å². The van der Waals surface area contributed by atoms with Crippen molar-refractivity contribution < 1.29 is 5.11 Å². The SMILES string of the molecule is CC[C@H]1C(C)CC(C)C2=CCC[C@H](O)[C@@H]21. The number of aliphatic hydroxyl groups is 1. The largest absolute Gasteiger partial charge is 0.392 e. The number of aliphatic hydroxyl groups excluding tert-OH is 1. The maximum Gasteiger partial charge on any atom is 0.0611 e. The van der Waals surface area contributed by atoms with Crippen LogP contribution in [0.1, 0.15) is 46.5 Å². The Morgan fingerprint density at radius 2 is 2.13 bits per heavy atom. The van der Waals surface area contributed by atoms with Crippen molar-refractivity contribution in [3.8, 4) is 0 Å². The lowest BCUT2D eigenvalue weighted by Gasteiger charge is -2.45. The first-order chi connectivity index (χ1) is 7.15. The quantitative estimate of drug-likeness (QED) is 0.655. The smallest absolute Gasteiger partial charge is 0.0611 e. The molecule has 2 rings (SSSR count). The molecular weight excluding hydrogens is 184 g/mol. The zero-order valence-corrected chi connectivity index (χ0v) is 10.2. The van der Waals surface area contributed by atoms with Gasteiger partial charge in [0.1, 0.15) is 0 Å². The fourth-order valence-electron chi connectivity index (χ4n) is 3.90. The normalized spacial score (nSPS) is 45.9. The predicted molar refractivity (Wildman–Crippen MR) is 63.5 cm³/mol. The van der Waals surface area contributed by atoms with Crippen LogP contribution in [0.15, 0.2) is 11.6 Å². The van der Waals surface area contributed by atoms with Crippen LogP contribution in [0.3, 0.4) is 0 Å². The van der Waals surface area contributed by atoms with Crippen LogP contribution in [-0.4, -0.2) is 11.2 Å². The van der Waals surface area contributed by atoms with Crippen molar-refractivity contribution in [2.45, 2.75) is 52.6 Å². The van der Waals surface area contributed by atoms with E-state index in [0.717, 1.165) is 18.8 Å². The molecule has 5 atom stereocenters. The number of fused-ring (bicyclic) bond motifs is 1. The van der Waals surface area contributed by atoms with Crippen LogP contribution in [0.4, 0.5) is 0 Å². The van der Waals surface area contributed by atoms with E-state index in [1.54, 1.807) is 5.57 Å². The van der Waals surface area contributed by atoms with Gasteiger partial charge in [0, 0.05) is 5.92 Å². The summed E-state index contributed by atoms with van der Waals surface area (Å²) in [4.78, 5) is 0. The summed E-state index contributed by atoms with van der Waals surface area (Å²) in [6, 6.07) is 0. The first kappa shape index (κ1) is 11.2. The minimum Gasteiger partial charge on any atom is -0.392 e. The Balaban J connectivity index is 2.28. The van der Waals surface area contributed by atoms with Crippen LogP contribution in [0.25, 0.3) is 0 Å². The highest BCUT2D eigenvalue weighted by Crippen LogP contribution is 2.47. The molecule has 0 amide bonds. The molecule has 0 aliphatic heterocycles. The second-order valence-corrected chi connectivity index (χ2v) is 5.56. The molecule has 2 aliphatic rings. The van der Waals surface area contributed by atoms with E-state index >= 15 is 0 Å². The molecule has 86 valence electrons. The molecular formula is C14H24O. The van der Waals surface area contributed by atoms with E-state index in [-0.39, 0.29) is 6.10 Å². The van der Waals surface area contributed by atoms with Gasteiger partial charge in [0.15, 0.2) is 0 Å². The predicted octanol–water partition coefficient (Wildman–Crippen LogP) is 3.39. The van der Waals surface area contributed by atoms with E-state index in [4.69, 9.17) is 0 Å². The fourth-order valence-corrected chi connectivity index (χ4v) is 3.90. The Bertz CT molecular complexity index is 256. The molecule has 15 heavy (non-hydrogen) atoms. The second kappa shape index (κ2) is 4.29. The summed E-state index contributed by atoms with van der Waals surface area (Å²) in [5.74, 6) is 2.66. The van der Waals surface area contributed by atoms with E-state index in [2.05, 4.69) is 26.8 Å². The van der Waals surface area contributed by atoms with Gasteiger partial charge in [0.2, 0.25) is 0 Å². The van der Waals surface area contributed by atoms with Crippen LogP contribution in [0, 0.1) is 23.7 Å². The molecule has 1 nitrogen and oxygen atoms in total. The van der Waals surface area contributed by atoms with Gasteiger partial charge in [0.05, 0.1) is 6.10 Å². The van der Waals surface area contributed by atoms with Gasteiger partial charge >= 0.3 is 0 Å². The van der Waals surface area contributed by atoms with Gasteiger partial charge in [-0.1, -0.05) is 38.8 Å². The molecule has 0 aromatic rings. The summed E-state index contributed by atoms with van der Waals surface area (Å²) in [6.07, 6.45) is 6.93. The Morgan fingerprint density at radius 3 is 2.80 bits per heavy atom. The van der Waals surface area contributed by atoms with Crippen molar-refractivity contribution in [2.24, 2.45) is 23.7 Å². The number of allylic oxidation sites excluding steroid dienone is 1. The van der Waals surface area contributed by atoms with Gasteiger partial charge < -0.3 is 5.11 Å². The number of hydrogen-bond donors (Lipinski definition) is 1. The van der Waals surface area contributed by atoms with Gasteiger partial charge in [-0.2, -0.15) is 0 Å². The van der Waals surface area contributed by atoms with E-state index in [0.29, 0.717) is 17.8 Å². The molecule has 0 aromatic carbocycles. The van der Waals surface area contributed by atoms with Crippen molar-refractivity contribution >= 4 is 0 Å². The standard InChI is InChI=1S/C14H24O/c1-4-11-9(2)8-10(3)12-6-5-7-13(15)14(11)12/h6,9-11,13-15H,4-5,7-8H2,1-3H3/t9?,10?,11-,13-,14+/m0/s1. The Morgan fingerprint density at radius 1 is 1.40 bits per heavy atom. The monoisotopic (exact) mass is 208 g/mol. The maximum absolute atomic E-state index is 10.2. The van der Waals surface area contributed by atoms with Crippen molar-refractivity contribution in [1.82, 2.24) is 0 Å². The molecule has 0 radical (unpaired) electrons. The lowest BCUT2D eigenvalue weighted by molar-refractivity contribution is 0.0325. The molecule has 1 heteroatoms. The molecule has 2 aliphatic carbocycles. The van der Waals surface area contributed by atoms with Crippen LogP contribution in [-0.2, 0) is 0 Å². The van der Waals surface area contributed by atoms with Crippen molar-refractivity contribution in [1.29, 1.82) is 0 Å². The van der Waals surface area contributed by atoms with Crippen LogP contribution >= 0.6 is 0 Å². The molecule has 0 saturated heterocycles. The molecule has 1 N–H and O–H groups in total. The number of hydrogen-bond acceptors (Lipinski definition) is 1. The van der Waals surface area contributed by atoms with E-state index in [1.165, 1.54) is 12.8 Å². The minimum atomic E-state index is -0.0693. The van der Waals surface area contributed by atoms with Crippen LogP contribution in [0.5, 0.6) is 0 Å².